The first-order valence-corrected chi connectivity index (χ1v) is 6.78. The molecule has 2 heterocycles. The fourth-order valence-electron chi connectivity index (χ4n) is 2.43. The third-order valence-corrected chi connectivity index (χ3v) is 4.41. The third kappa shape index (κ3) is 1.91. The number of imidazole rings is 1. The molecule has 20 heavy (non-hydrogen) atoms. The van der Waals surface area contributed by atoms with Crippen LogP contribution in [0.25, 0.3) is 11.0 Å². The standard InChI is InChI=1S/C14H19BN2O3/c1-8-6-10-11(17-12(18)16-10)7-9(8)15-19-13(2,3)14(4,5)20-15/h6-7H,1-5H3,(H2,16,17,18). The molecule has 5 nitrogen and oxygen atoms in total. The van der Waals surface area contributed by atoms with Crippen LogP contribution in [0.2, 0.25) is 0 Å². The molecule has 1 aromatic heterocycles. The maximum atomic E-state index is 11.4. The van der Waals surface area contributed by atoms with E-state index < -0.39 is 7.12 Å². The summed E-state index contributed by atoms with van der Waals surface area (Å²) in [5.74, 6) is 0. The van der Waals surface area contributed by atoms with E-state index in [4.69, 9.17) is 9.31 Å². The van der Waals surface area contributed by atoms with Crippen LogP contribution in [0.4, 0.5) is 0 Å². The van der Waals surface area contributed by atoms with E-state index in [2.05, 4.69) is 9.97 Å². The fourth-order valence-corrected chi connectivity index (χ4v) is 2.43. The van der Waals surface area contributed by atoms with Gasteiger partial charge in [0.2, 0.25) is 0 Å². The van der Waals surface area contributed by atoms with Gasteiger partial charge in [0.15, 0.2) is 0 Å². The molecule has 0 radical (unpaired) electrons. The summed E-state index contributed by atoms with van der Waals surface area (Å²) < 4.78 is 12.1. The summed E-state index contributed by atoms with van der Waals surface area (Å²) in [7, 11) is -0.414. The average Bonchev–Trinajstić information content (AvgIpc) is 2.74. The molecule has 1 aromatic carbocycles. The normalized spacial score (nSPS) is 20.8. The van der Waals surface area contributed by atoms with E-state index in [-0.39, 0.29) is 16.9 Å². The van der Waals surface area contributed by atoms with Crippen molar-refractivity contribution in [3.8, 4) is 0 Å². The SMILES string of the molecule is Cc1cc2[nH]c(=O)[nH]c2cc1B1OC(C)(C)C(C)(C)O1. The fraction of sp³-hybridized carbons (Fsp3) is 0.500. The summed E-state index contributed by atoms with van der Waals surface area (Å²) in [4.78, 5) is 16.9. The van der Waals surface area contributed by atoms with Crippen LogP contribution in [0.1, 0.15) is 33.3 Å². The van der Waals surface area contributed by atoms with Crippen LogP contribution >= 0.6 is 0 Å². The van der Waals surface area contributed by atoms with Crippen molar-refractivity contribution in [3.63, 3.8) is 0 Å². The van der Waals surface area contributed by atoms with E-state index in [1.54, 1.807) is 0 Å². The highest BCUT2D eigenvalue weighted by molar-refractivity contribution is 6.63. The highest BCUT2D eigenvalue weighted by Crippen LogP contribution is 2.36. The van der Waals surface area contributed by atoms with Gasteiger partial charge in [-0.15, -0.1) is 0 Å². The first-order valence-electron chi connectivity index (χ1n) is 6.78. The zero-order chi connectivity index (χ0) is 14.7. The van der Waals surface area contributed by atoms with Crippen molar-refractivity contribution in [2.75, 3.05) is 0 Å². The monoisotopic (exact) mass is 274 g/mol. The van der Waals surface area contributed by atoms with Gasteiger partial charge in [-0.3, -0.25) is 0 Å². The molecule has 0 spiro atoms. The van der Waals surface area contributed by atoms with Gasteiger partial charge >= 0.3 is 12.8 Å². The number of aryl methyl sites for hydroxylation is 1. The number of benzene rings is 1. The van der Waals surface area contributed by atoms with Crippen molar-refractivity contribution in [1.82, 2.24) is 9.97 Å². The summed E-state index contributed by atoms with van der Waals surface area (Å²) in [5.41, 5.74) is 2.61. The number of rotatable bonds is 1. The Morgan fingerprint density at radius 3 is 2.05 bits per heavy atom. The summed E-state index contributed by atoms with van der Waals surface area (Å²) in [6.45, 7) is 10.1. The predicted molar refractivity (Wildman–Crippen MR) is 79.4 cm³/mol. The van der Waals surface area contributed by atoms with E-state index in [0.29, 0.717) is 0 Å². The number of hydrogen-bond acceptors (Lipinski definition) is 3. The minimum Gasteiger partial charge on any atom is -0.399 e. The number of aromatic amines is 2. The van der Waals surface area contributed by atoms with Gasteiger partial charge in [-0.2, -0.15) is 0 Å². The Bertz CT molecular complexity index is 714. The van der Waals surface area contributed by atoms with Gasteiger partial charge in [-0.25, -0.2) is 4.79 Å². The Hall–Kier alpha value is -1.53. The van der Waals surface area contributed by atoms with Crippen molar-refractivity contribution in [3.05, 3.63) is 28.2 Å². The average molecular weight is 274 g/mol. The summed E-state index contributed by atoms with van der Waals surface area (Å²) in [6, 6.07) is 3.86. The van der Waals surface area contributed by atoms with Gasteiger partial charge in [0.25, 0.3) is 0 Å². The van der Waals surface area contributed by atoms with Crippen molar-refractivity contribution in [1.29, 1.82) is 0 Å². The minimum absolute atomic E-state index is 0.203. The zero-order valence-electron chi connectivity index (χ0n) is 12.5. The molecular formula is C14H19BN2O3. The second-order valence-electron chi connectivity index (χ2n) is 6.42. The molecule has 0 unspecified atom stereocenters. The Kier molecular flexibility index (Phi) is 2.69. The molecule has 0 amide bonds. The first kappa shape index (κ1) is 13.5. The molecule has 0 atom stereocenters. The van der Waals surface area contributed by atoms with Gasteiger partial charge in [0.1, 0.15) is 0 Å². The van der Waals surface area contributed by atoms with Crippen molar-refractivity contribution in [2.45, 2.75) is 45.8 Å². The summed E-state index contributed by atoms with van der Waals surface area (Å²) in [5, 5.41) is 0. The topological polar surface area (TPSA) is 67.1 Å². The third-order valence-electron chi connectivity index (χ3n) is 4.41. The van der Waals surface area contributed by atoms with Gasteiger partial charge in [-0.1, -0.05) is 0 Å². The molecule has 0 aliphatic carbocycles. The number of fused-ring (bicyclic) bond motifs is 1. The van der Waals surface area contributed by atoms with Gasteiger partial charge in [0.05, 0.1) is 22.2 Å². The molecule has 0 bridgehead atoms. The lowest BCUT2D eigenvalue weighted by atomic mass is 9.76. The van der Waals surface area contributed by atoms with E-state index in [1.807, 2.05) is 46.8 Å². The predicted octanol–water partition coefficient (Wildman–Crippen LogP) is 1.46. The summed E-state index contributed by atoms with van der Waals surface area (Å²) >= 11 is 0. The van der Waals surface area contributed by atoms with Gasteiger partial charge in [0, 0.05) is 0 Å². The quantitative estimate of drug-likeness (QED) is 0.774. The van der Waals surface area contributed by atoms with Crippen LogP contribution in [0.3, 0.4) is 0 Å². The lowest BCUT2D eigenvalue weighted by molar-refractivity contribution is 0.00578. The van der Waals surface area contributed by atoms with Gasteiger partial charge in [-0.05, 0) is 57.8 Å². The van der Waals surface area contributed by atoms with Crippen LogP contribution in [-0.2, 0) is 9.31 Å². The number of hydrogen-bond donors (Lipinski definition) is 2. The lowest BCUT2D eigenvalue weighted by Crippen LogP contribution is -2.41. The molecule has 1 fully saturated rings. The van der Waals surface area contributed by atoms with Crippen molar-refractivity contribution >= 4 is 23.6 Å². The Morgan fingerprint density at radius 1 is 1.00 bits per heavy atom. The van der Waals surface area contributed by atoms with Crippen molar-refractivity contribution < 1.29 is 9.31 Å². The van der Waals surface area contributed by atoms with Crippen LogP contribution in [-0.4, -0.2) is 28.3 Å². The second kappa shape index (κ2) is 3.99. The Labute approximate surface area is 117 Å². The van der Waals surface area contributed by atoms with E-state index in [9.17, 15) is 4.79 Å². The van der Waals surface area contributed by atoms with E-state index in [0.717, 1.165) is 22.1 Å². The molecule has 1 aliphatic rings. The van der Waals surface area contributed by atoms with Gasteiger partial charge < -0.3 is 19.3 Å². The second-order valence-corrected chi connectivity index (χ2v) is 6.42. The van der Waals surface area contributed by atoms with Crippen LogP contribution < -0.4 is 11.2 Å². The smallest absolute Gasteiger partial charge is 0.399 e. The molecule has 1 saturated heterocycles. The molecule has 6 heteroatoms. The van der Waals surface area contributed by atoms with E-state index >= 15 is 0 Å². The van der Waals surface area contributed by atoms with Crippen LogP contribution in [0.15, 0.2) is 16.9 Å². The molecule has 0 saturated carbocycles. The number of H-pyrrole nitrogens is 2. The lowest BCUT2D eigenvalue weighted by Gasteiger charge is -2.32. The number of aromatic nitrogens is 2. The Morgan fingerprint density at radius 2 is 1.50 bits per heavy atom. The van der Waals surface area contributed by atoms with Crippen molar-refractivity contribution in [2.24, 2.45) is 0 Å². The molecular weight excluding hydrogens is 255 g/mol. The maximum absolute atomic E-state index is 11.4. The maximum Gasteiger partial charge on any atom is 0.495 e. The minimum atomic E-state index is -0.414. The summed E-state index contributed by atoms with van der Waals surface area (Å²) in [6.07, 6.45) is 0. The zero-order valence-corrected chi connectivity index (χ0v) is 12.5. The molecule has 1 aliphatic heterocycles. The molecule has 3 rings (SSSR count). The van der Waals surface area contributed by atoms with E-state index in [1.165, 1.54) is 0 Å². The largest absolute Gasteiger partial charge is 0.495 e. The number of nitrogens with one attached hydrogen (secondary N) is 2. The Balaban J connectivity index is 2.07. The highest BCUT2D eigenvalue weighted by Gasteiger charge is 2.52. The first-order chi connectivity index (χ1) is 9.19. The van der Waals surface area contributed by atoms with Crippen LogP contribution in [0.5, 0.6) is 0 Å². The van der Waals surface area contributed by atoms with Crippen LogP contribution in [0, 0.1) is 6.92 Å². The molecule has 2 N–H and O–H groups in total. The highest BCUT2D eigenvalue weighted by atomic mass is 16.7. The molecule has 2 aromatic rings. The molecule has 106 valence electrons.